The van der Waals surface area contributed by atoms with Crippen molar-refractivity contribution >= 4 is 38.1 Å². The van der Waals surface area contributed by atoms with Crippen LogP contribution < -0.4 is 0 Å². The smallest absolute Gasteiger partial charge is 0.162 e. The monoisotopic (exact) mass is 880 g/mol. The number of fused-ring (bicyclic) bond motifs is 6. The van der Waals surface area contributed by atoms with Crippen molar-refractivity contribution in [2.45, 2.75) is 114 Å². The molecule has 1 aliphatic carbocycles. The van der Waals surface area contributed by atoms with Gasteiger partial charge in [0.2, 0.25) is 0 Å². The van der Waals surface area contributed by atoms with Gasteiger partial charge in [-0.25, -0.2) is 4.98 Å². The molecule has 0 spiro atoms. The molecule has 3 aromatic carbocycles. The number of hydrogen-bond acceptors (Lipinski definition) is 5. The minimum Gasteiger partial charge on any atom is -0.512 e. The molecular formula is C45H55IrN2O2S-. The fraction of sp³-hybridized carbons (Fsp3) is 0.444. The third kappa shape index (κ3) is 8.40. The number of carbonyl (C=O) groups excluding carboxylic acids is 1. The number of rotatable bonds is 9. The van der Waals surface area contributed by atoms with Gasteiger partial charge in [0.25, 0.3) is 0 Å². The predicted octanol–water partition coefficient (Wildman–Crippen LogP) is 12.7. The van der Waals surface area contributed by atoms with Gasteiger partial charge >= 0.3 is 0 Å². The van der Waals surface area contributed by atoms with Crippen LogP contribution in [0.2, 0.25) is 0 Å². The molecule has 0 saturated carbocycles. The second-order valence-electron chi connectivity index (χ2n) is 15.8. The molecule has 0 bridgehead atoms. The zero-order valence-corrected chi connectivity index (χ0v) is 35.6. The molecule has 0 aliphatic heterocycles. The molecule has 6 heteroatoms. The Morgan fingerprint density at radius 3 is 2.20 bits per heavy atom. The van der Waals surface area contributed by atoms with Crippen LogP contribution in [0.4, 0.5) is 0 Å². The maximum Gasteiger partial charge on any atom is 0.162 e. The van der Waals surface area contributed by atoms with Crippen molar-refractivity contribution in [1.82, 2.24) is 9.97 Å². The minimum absolute atomic E-state index is 0. The van der Waals surface area contributed by atoms with E-state index < -0.39 is 0 Å². The van der Waals surface area contributed by atoms with Crippen molar-refractivity contribution in [2.75, 3.05) is 0 Å². The van der Waals surface area contributed by atoms with Crippen LogP contribution >= 0.6 is 11.3 Å². The molecule has 1 aliphatic rings. The first kappa shape index (κ1) is 40.6. The fourth-order valence-electron chi connectivity index (χ4n) is 7.41. The van der Waals surface area contributed by atoms with Crippen LogP contribution in [0.1, 0.15) is 116 Å². The Morgan fingerprint density at radius 2 is 1.57 bits per heavy atom. The first-order chi connectivity index (χ1) is 23.6. The summed E-state index contributed by atoms with van der Waals surface area (Å²) in [5.74, 6) is 0.547. The number of aryl methyl sites for hydroxylation is 2. The summed E-state index contributed by atoms with van der Waals surface area (Å²) in [6, 6.07) is 19.6. The van der Waals surface area contributed by atoms with Crippen molar-refractivity contribution in [3.63, 3.8) is 0 Å². The first-order valence-corrected chi connectivity index (χ1v) is 19.2. The molecule has 0 atom stereocenters. The van der Waals surface area contributed by atoms with Crippen molar-refractivity contribution in [3.8, 4) is 21.7 Å². The number of aliphatic hydroxyl groups is 1. The number of allylic oxidation sites excluding steroid dienone is 2. The number of carbonyl (C=O) groups is 1. The Labute approximate surface area is 323 Å². The summed E-state index contributed by atoms with van der Waals surface area (Å²) in [4.78, 5) is 22.7. The number of benzene rings is 3. The molecule has 6 rings (SSSR count). The van der Waals surface area contributed by atoms with Gasteiger partial charge in [-0.15, -0.1) is 41.0 Å². The van der Waals surface area contributed by atoms with E-state index in [9.17, 15) is 9.90 Å². The van der Waals surface area contributed by atoms with Crippen LogP contribution in [-0.2, 0) is 36.7 Å². The number of nitrogens with zero attached hydrogens (tertiary/aromatic N) is 2. The quantitative estimate of drug-likeness (QED) is 0.0910. The Bertz CT molecular complexity index is 2060. The van der Waals surface area contributed by atoms with Crippen LogP contribution in [0.25, 0.3) is 42.7 Å². The van der Waals surface area contributed by atoms with E-state index in [1.54, 1.807) is 6.33 Å². The summed E-state index contributed by atoms with van der Waals surface area (Å²) in [5.41, 5.74) is 11.4. The average molecular weight is 880 g/mol. The van der Waals surface area contributed by atoms with E-state index in [2.05, 4.69) is 97.0 Å². The van der Waals surface area contributed by atoms with Gasteiger partial charge in [0.1, 0.15) is 6.33 Å². The molecule has 273 valence electrons. The third-order valence-corrected chi connectivity index (χ3v) is 11.8. The van der Waals surface area contributed by atoms with E-state index in [0.717, 1.165) is 59.0 Å². The van der Waals surface area contributed by atoms with Gasteiger partial charge in [0.15, 0.2) is 5.78 Å². The third-order valence-electron chi connectivity index (χ3n) is 10.5. The molecule has 1 radical (unpaired) electrons. The number of ketones is 1. The van der Waals surface area contributed by atoms with Crippen molar-refractivity contribution in [1.29, 1.82) is 0 Å². The normalized spacial score (nSPS) is 13.6. The van der Waals surface area contributed by atoms with Gasteiger partial charge in [-0.1, -0.05) is 109 Å². The molecule has 4 nitrogen and oxygen atoms in total. The fourth-order valence-corrected chi connectivity index (χ4v) is 8.86. The Kier molecular flexibility index (Phi) is 12.9. The molecule has 0 saturated heterocycles. The van der Waals surface area contributed by atoms with E-state index in [0.29, 0.717) is 0 Å². The maximum absolute atomic E-state index is 11.7. The number of aromatic nitrogens is 2. The molecule has 51 heavy (non-hydrogen) atoms. The molecule has 0 amide bonds. The van der Waals surface area contributed by atoms with Crippen LogP contribution in [0.15, 0.2) is 60.6 Å². The summed E-state index contributed by atoms with van der Waals surface area (Å²) in [6.07, 6.45) is 7.70. The van der Waals surface area contributed by atoms with Gasteiger partial charge in [-0.3, -0.25) is 9.78 Å². The van der Waals surface area contributed by atoms with Crippen LogP contribution in [-0.4, -0.2) is 20.9 Å². The maximum atomic E-state index is 11.7. The zero-order chi connectivity index (χ0) is 36.5. The van der Waals surface area contributed by atoms with Crippen LogP contribution in [0.3, 0.4) is 0 Å². The summed E-state index contributed by atoms with van der Waals surface area (Å²) >= 11 is 1.85. The minimum atomic E-state index is -0.0868. The number of aliphatic hydroxyl groups excluding tert-OH is 1. The second kappa shape index (κ2) is 16.2. The van der Waals surface area contributed by atoms with Crippen molar-refractivity contribution in [3.05, 3.63) is 94.5 Å². The number of thiophene rings is 1. The van der Waals surface area contributed by atoms with Gasteiger partial charge in [-0.05, 0) is 68.1 Å². The molecule has 1 N–H and O–H groups in total. The molecule has 2 aromatic heterocycles. The Hall–Kier alpha value is -3.18. The van der Waals surface area contributed by atoms with E-state index in [1.165, 1.54) is 49.7 Å². The van der Waals surface area contributed by atoms with Crippen LogP contribution in [0, 0.1) is 37.2 Å². The first-order valence-electron chi connectivity index (χ1n) is 18.4. The van der Waals surface area contributed by atoms with Gasteiger partial charge < -0.3 is 5.11 Å². The van der Waals surface area contributed by atoms with Crippen molar-refractivity contribution < 1.29 is 30.0 Å². The van der Waals surface area contributed by atoms with Crippen molar-refractivity contribution in [2.24, 2.45) is 17.3 Å². The van der Waals surface area contributed by atoms with E-state index in [-0.39, 0.29) is 54.3 Å². The molecular weight excluding hydrogens is 825 g/mol. The Balaban J connectivity index is 0.000000312. The number of hydrogen-bond donors (Lipinski definition) is 1. The van der Waals surface area contributed by atoms with Gasteiger partial charge in [0.05, 0.1) is 11.3 Å². The Morgan fingerprint density at radius 1 is 0.922 bits per heavy atom. The van der Waals surface area contributed by atoms with Gasteiger partial charge in [0, 0.05) is 64.3 Å². The molecule has 2 heterocycles. The zero-order valence-electron chi connectivity index (χ0n) is 32.4. The van der Waals surface area contributed by atoms with E-state index >= 15 is 0 Å². The summed E-state index contributed by atoms with van der Waals surface area (Å²) in [6.45, 7) is 24.0. The van der Waals surface area contributed by atoms with E-state index in [1.807, 2.05) is 39.0 Å². The predicted molar refractivity (Wildman–Crippen MR) is 213 cm³/mol. The summed E-state index contributed by atoms with van der Waals surface area (Å²) in [5, 5.41) is 12.1. The average Bonchev–Trinajstić information content (AvgIpc) is 3.55. The standard InChI is InChI=1S/C32H31N2S.C13H24O2.Ir/c1-18-12-21-9-10-22(15-23(21)13-19(18)2)27-30-28(34-17-33-27)26-29(35-30)24-14-20(16-31(3,4)5)8-11-25(24)32(26,6)7;1-5-10(6-2)12(14)9-13(15)11(7-3)8-4;/h8-14,17H,16H2,1-7H3;9-11,14H,5-8H2,1-4H3;/q-1;;/b;12-9-;. The van der Waals surface area contributed by atoms with Crippen LogP contribution in [0.5, 0.6) is 0 Å². The molecule has 0 unspecified atom stereocenters. The van der Waals surface area contributed by atoms with E-state index in [4.69, 9.17) is 9.97 Å². The molecule has 0 fully saturated rings. The SMILES string of the molecule is CCC(CC)C(=O)/C=C(\O)C(CC)CC.Cc1cc2[c-]c(-c3ncnc4c5c(sc34)-c3cc(CC(C)(C)C)ccc3C5(C)C)ccc2cc1C.[Ir]. The largest absolute Gasteiger partial charge is 0.512 e. The second-order valence-corrected chi connectivity index (χ2v) is 16.9. The summed E-state index contributed by atoms with van der Waals surface area (Å²) in [7, 11) is 0. The topological polar surface area (TPSA) is 63.1 Å². The summed E-state index contributed by atoms with van der Waals surface area (Å²) < 4.78 is 1.16. The molecule has 5 aromatic rings. The van der Waals surface area contributed by atoms with Gasteiger partial charge in [-0.2, -0.15) is 0 Å².